The van der Waals surface area contributed by atoms with E-state index in [9.17, 15) is 18.0 Å². The van der Waals surface area contributed by atoms with Gasteiger partial charge in [0, 0.05) is 24.0 Å². The van der Waals surface area contributed by atoms with Crippen LogP contribution in [0.1, 0.15) is 30.5 Å². The quantitative estimate of drug-likeness (QED) is 0.173. The molecule has 45 heavy (non-hydrogen) atoms. The van der Waals surface area contributed by atoms with Crippen molar-refractivity contribution in [1.29, 1.82) is 0 Å². The maximum Gasteiger partial charge on any atom is 0.264 e. The Balaban J connectivity index is 1.81. The maximum absolute atomic E-state index is 15.2. The van der Waals surface area contributed by atoms with Gasteiger partial charge < -0.3 is 10.2 Å². The van der Waals surface area contributed by atoms with Crippen molar-refractivity contribution in [2.75, 3.05) is 17.4 Å². The van der Waals surface area contributed by atoms with Crippen molar-refractivity contribution in [3.05, 3.63) is 130 Å². The molecule has 0 aromatic heterocycles. The highest BCUT2D eigenvalue weighted by Gasteiger charge is 2.35. The van der Waals surface area contributed by atoms with Gasteiger partial charge in [-0.05, 0) is 60.4 Å². The van der Waals surface area contributed by atoms with E-state index >= 15 is 4.39 Å². The molecule has 0 heterocycles. The number of anilines is 1. The number of sulfonamides is 1. The summed E-state index contributed by atoms with van der Waals surface area (Å²) in [6, 6.07) is 27.2. The SMILES string of the molecule is Cc1ccc(S(=O)(=O)N(CC(=O)N(Cc2cccc(Br)c2)[C@@H](Cc2ccccc2)C(=O)NCC(C)C)c2ccccc2F)cc1. The number of nitrogens with zero attached hydrogens (tertiary/aromatic N) is 2. The molecule has 4 aromatic rings. The lowest BCUT2D eigenvalue weighted by molar-refractivity contribution is -0.140. The molecule has 0 saturated carbocycles. The van der Waals surface area contributed by atoms with Crippen LogP contribution in [0.3, 0.4) is 0 Å². The van der Waals surface area contributed by atoms with Crippen LogP contribution in [0.5, 0.6) is 0 Å². The second-order valence-electron chi connectivity index (χ2n) is 11.3. The summed E-state index contributed by atoms with van der Waals surface area (Å²) in [4.78, 5) is 29.6. The average Bonchev–Trinajstić information content (AvgIpc) is 3.01. The van der Waals surface area contributed by atoms with Gasteiger partial charge in [0.1, 0.15) is 18.4 Å². The Bertz CT molecular complexity index is 1720. The number of halogens is 2. The number of amides is 2. The van der Waals surface area contributed by atoms with Crippen LogP contribution in [-0.4, -0.2) is 44.3 Å². The summed E-state index contributed by atoms with van der Waals surface area (Å²) in [5, 5.41) is 2.96. The van der Waals surface area contributed by atoms with Crippen LogP contribution < -0.4 is 9.62 Å². The van der Waals surface area contributed by atoms with E-state index in [0.29, 0.717) is 6.54 Å². The molecule has 7 nitrogen and oxygen atoms in total. The van der Waals surface area contributed by atoms with Crippen LogP contribution in [0, 0.1) is 18.7 Å². The summed E-state index contributed by atoms with van der Waals surface area (Å²) in [7, 11) is -4.39. The van der Waals surface area contributed by atoms with Gasteiger partial charge in [0.2, 0.25) is 11.8 Å². The van der Waals surface area contributed by atoms with E-state index in [0.717, 1.165) is 31.5 Å². The third-order valence-corrected chi connectivity index (χ3v) is 9.47. The van der Waals surface area contributed by atoms with Gasteiger partial charge >= 0.3 is 0 Å². The summed E-state index contributed by atoms with van der Waals surface area (Å²) in [6.07, 6.45) is 0.189. The second-order valence-corrected chi connectivity index (χ2v) is 14.1. The minimum atomic E-state index is -4.39. The number of rotatable bonds is 13. The van der Waals surface area contributed by atoms with Gasteiger partial charge in [-0.25, -0.2) is 12.8 Å². The number of hydrogen-bond acceptors (Lipinski definition) is 4. The van der Waals surface area contributed by atoms with Crippen molar-refractivity contribution in [2.45, 2.75) is 44.7 Å². The third-order valence-electron chi connectivity index (χ3n) is 7.21. The van der Waals surface area contributed by atoms with Gasteiger partial charge in [-0.2, -0.15) is 0 Å². The number of benzene rings is 4. The number of aryl methyl sites for hydroxylation is 1. The Kier molecular flexibility index (Phi) is 11.5. The first-order valence-corrected chi connectivity index (χ1v) is 16.9. The zero-order valence-electron chi connectivity index (χ0n) is 25.5. The normalized spacial score (nSPS) is 12.0. The average molecular weight is 695 g/mol. The Morgan fingerprint density at radius 3 is 2.16 bits per heavy atom. The fourth-order valence-electron chi connectivity index (χ4n) is 4.81. The van der Waals surface area contributed by atoms with E-state index < -0.39 is 34.3 Å². The maximum atomic E-state index is 15.2. The molecule has 0 unspecified atom stereocenters. The molecule has 10 heteroatoms. The van der Waals surface area contributed by atoms with Crippen molar-refractivity contribution < 1.29 is 22.4 Å². The van der Waals surface area contributed by atoms with E-state index in [1.54, 1.807) is 12.1 Å². The molecule has 2 amide bonds. The lowest BCUT2D eigenvalue weighted by Gasteiger charge is -2.34. The largest absolute Gasteiger partial charge is 0.354 e. The summed E-state index contributed by atoms with van der Waals surface area (Å²) >= 11 is 3.47. The molecule has 4 rings (SSSR count). The molecule has 0 fully saturated rings. The molecule has 1 N–H and O–H groups in total. The number of nitrogens with one attached hydrogen (secondary N) is 1. The van der Waals surface area contributed by atoms with Crippen LogP contribution in [0.25, 0.3) is 0 Å². The fraction of sp³-hybridized carbons (Fsp3) is 0.257. The minimum Gasteiger partial charge on any atom is -0.354 e. The number of carbonyl (C=O) groups is 2. The summed E-state index contributed by atoms with van der Waals surface area (Å²) < 4.78 is 44.9. The Labute approximate surface area is 273 Å². The molecule has 0 radical (unpaired) electrons. The first-order valence-electron chi connectivity index (χ1n) is 14.6. The predicted octanol–water partition coefficient (Wildman–Crippen LogP) is 6.50. The molecule has 0 saturated heterocycles. The van der Waals surface area contributed by atoms with Crippen LogP contribution in [0.15, 0.2) is 112 Å². The van der Waals surface area contributed by atoms with Crippen LogP contribution >= 0.6 is 15.9 Å². The van der Waals surface area contributed by atoms with Crippen molar-refractivity contribution in [3.8, 4) is 0 Å². The van der Waals surface area contributed by atoms with Gasteiger partial charge in [-0.15, -0.1) is 0 Å². The zero-order chi connectivity index (χ0) is 32.6. The summed E-state index contributed by atoms with van der Waals surface area (Å²) in [5.41, 5.74) is 2.13. The summed E-state index contributed by atoms with van der Waals surface area (Å²) in [5.74, 6) is -1.66. The molecule has 0 spiro atoms. The second kappa shape index (κ2) is 15.3. The van der Waals surface area contributed by atoms with Crippen molar-refractivity contribution >= 4 is 43.5 Å². The molecular formula is C35H37BrFN3O4S. The third kappa shape index (κ3) is 9.02. The molecule has 0 aliphatic heterocycles. The van der Waals surface area contributed by atoms with Crippen molar-refractivity contribution in [1.82, 2.24) is 10.2 Å². The van der Waals surface area contributed by atoms with Crippen LogP contribution in [0.2, 0.25) is 0 Å². The molecule has 0 aliphatic rings. The monoisotopic (exact) mass is 693 g/mol. The predicted molar refractivity (Wildman–Crippen MR) is 179 cm³/mol. The van der Waals surface area contributed by atoms with Gasteiger partial charge in [0.25, 0.3) is 10.0 Å². The summed E-state index contributed by atoms with van der Waals surface area (Å²) in [6.45, 7) is 5.45. The van der Waals surface area contributed by atoms with Gasteiger partial charge in [0.15, 0.2) is 0 Å². The molecular weight excluding hydrogens is 657 g/mol. The van der Waals surface area contributed by atoms with Gasteiger partial charge in [0.05, 0.1) is 10.6 Å². The highest BCUT2D eigenvalue weighted by atomic mass is 79.9. The van der Waals surface area contributed by atoms with E-state index in [2.05, 4.69) is 21.2 Å². The topological polar surface area (TPSA) is 86.8 Å². The van der Waals surface area contributed by atoms with E-state index in [1.807, 2.05) is 75.4 Å². The van der Waals surface area contributed by atoms with Gasteiger partial charge in [-0.3, -0.25) is 13.9 Å². The molecule has 236 valence electrons. The Morgan fingerprint density at radius 2 is 1.51 bits per heavy atom. The van der Waals surface area contributed by atoms with Crippen molar-refractivity contribution in [2.24, 2.45) is 5.92 Å². The highest BCUT2D eigenvalue weighted by Crippen LogP contribution is 2.27. The van der Waals surface area contributed by atoms with E-state index in [1.165, 1.54) is 35.2 Å². The highest BCUT2D eigenvalue weighted by molar-refractivity contribution is 9.10. The first kappa shape index (κ1) is 33.9. The standard InChI is InChI=1S/C35H37BrFN3O4S/c1-25(2)22-38-35(42)33(21-27-10-5-4-6-11-27)39(23-28-12-9-13-29(36)20-28)34(41)24-40(32-15-8-7-14-31(32)37)45(43,44)30-18-16-26(3)17-19-30/h4-20,25,33H,21-24H2,1-3H3,(H,38,42)/t33-/m0/s1. The van der Waals surface area contributed by atoms with Crippen LogP contribution in [0.4, 0.5) is 10.1 Å². The zero-order valence-corrected chi connectivity index (χ0v) is 27.9. The molecule has 4 aromatic carbocycles. The van der Waals surface area contributed by atoms with Gasteiger partial charge in [-0.1, -0.05) is 102 Å². The smallest absolute Gasteiger partial charge is 0.264 e. The lowest BCUT2D eigenvalue weighted by Crippen LogP contribution is -2.53. The molecule has 1 atom stereocenters. The van der Waals surface area contributed by atoms with E-state index in [4.69, 9.17) is 0 Å². The molecule has 0 bridgehead atoms. The molecule has 0 aliphatic carbocycles. The number of hydrogen-bond donors (Lipinski definition) is 1. The number of para-hydroxylation sites is 1. The van der Waals surface area contributed by atoms with Crippen LogP contribution in [-0.2, 0) is 32.6 Å². The lowest BCUT2D eigenvalue weighted by atomic mass is 10.0. The minimum absolute atomic E-state index is 0.0144. The number of carbonyl (C=O) groups excluding carboxylic acids is 2. The fourth-order valence-corrected chi connectivity index (χ4v) is 6.68. The first-order chi connectivity index (χ1) is 21.5. The van der Waals surface area contributed by atoms with Crippen molar-refractivity contribution in [3.63, 3.8) is 0 Å². The Hall–Kier alpha value is -4.02. The Morgan fingerprint density at radius 1 is 0.867 bits per heavy atom. The van der Waals surface area contributed by atoms with E-state index in [-0.39, 0.29) is 35.4 Å².